The average Bonchev–Trinajstić information content (AvgIpc) is 2.93. The molecule has 21 heavy (non-hydrogen) atoms. The van der Waals surface area contributed by atoms with Crippen molar-refractivity contribution in [2.45, 2.75) is 31.9 Å². The van der Waals surface area contributed by atoms with Gasteiger partial charge in [0.15, 0.2) is 0 Å². The Morgan fingerprint density at radius 2 is 2.14 bits per heavy atom. The molecule has 5 heteroatoms. The Morgan fingerprint density at radius 1 is 1.29 bits per heavy atom. The molecule has 5 nitrogen and oxygen atoms in total. The van der Waals surface area contributed by atoms with Gasteiger partial charge >= 0.3 is 0 Å². The van der Waals surface area contributed by atoms with Crippen molar-refractivity contribution in [1.82, 2.24) is 14.3 Å². The van der Waals surface area contributed by atoms with Crippen molar-refractivity contribution in [3.8, 4) is 0 Å². The molecule has 0 spiro atoms. The number of hydrogen-bond donors (Lipinski definition) is 1. The fraction of sp³-hybridized carbons (Fsp3) is 0.562. The van der Waals surface area contributed by atoms with Crippen LogP contribution in [-0.4, -0.2) is 51.8 Å². The van der Waals surface area contributed by atoms with E-state index < -0.39 is 0 Å². The number of rotatable bonds is 6. The summed E-state index contributed by atoms with van der Waals surface area (Å²) in [5.74, 6) is 0. The summed E-state index contributed by atoms with van der Waals surface area (Å²) < 4.78 is 7.93. The lowest BCUT2D eigenvalue weighted by atomic mass is 10.1. The monoisotopic (exact) mass is 289 g/mol. The van der Waals surface area contributed by atoms with E-state index in [4.69, 9.17) is 9.84 Å². The summed E-state index contributed by atoms with van der Waals surface area (Å²) in [6.07, 6.45) is 7.28. The minimum Gasteiger partial charge on any atom is -0.396 e. The highest BCUT2D eigenvalue weighted by atomic mass is 16.5. The van der Waals surface area contributed by atoms with Crippen LogP contribution in [0.1, 0.15) is 25.0 Å². The van der Waals surface area contributed by atoms with Gasteiger partial charge in [0.1, 0.15) is 5.65 Å². The van der Waals surface area contributed by atoms with Crippen LogP contribution in [-0.2, 0) is 11.3 Å². The zero-order chi connectivity index (χ0) is 14.5. The summed E-state index contributed by atoms with van der Waals surface area (Å²) in [5.41, 5.74) is 2.25. The first-order chi connectivity index (χ1) is 10.4. The van der Waals surface area contributed by atoms with Crippen LogP contribution in [0, 0.1) is 0 Å². The quantitative estimate of drug-likeness (QED) is 0.822. The first kappa shape index (κ1) is 14.5. The predicted molar refractivity (Wildman–Crippen MR) is 81.1 cm³/mol. The molecular weight excluding hydrogens is 266 g/mol. The Morgan fingerprint density at radius 3 is 2.95 bits per heavy atom. The Balaban J connectivity index is 1.51. The maximum Gasteiger partial charge on any atom is 0.136 e. The van der Waals surface area contributed by atoms with Crippen molar-refractivity contribution in [3.63, 3.8) is 0 Å². The molecule has 2 aromatic heterocycles. The molecular formula is C16H23N3O2. The normalized spacial score (nSPS) is 17.6. The van der Waals surface area contributed by atoms with Crippen LogP contribution in [0.2, 0.25) is 0 Å². The maximum absolute atomic E-state index is 8.77. The number of nitrogens with zero attached hydrogens (tertiary/aromatic N) is 3. The van der Waals surface area contributed by atoms with Gasteiger partial charge in [-0.25, -0.2) is 4.98 Å². The summed E-state index contributed by atoms with van der Waals surface area (Å²) in [6.45, 7) is 3.95. The second-order valence-corrected chi connectivity index (χ2v) is 5.60. The highest BCUT2D eigenvalue weighted by Crippen LogP contribution is 2.17. The van der Waals surface area contributed by atoms with E-state index in [1.807, 2.05) is 24.4 Å². The van der Waals surface area contributed by atoms with Gasteiger partial charge in [0.25, 0.3) is 0 Å². The van der Waals surface area contributed by atoms with Crippen LogP contribution in [0.3, 0.4) is 0 Å². The molecule has 0 radical (unpaired) electrons. The van der Waals surface area contributed by atoms with E-state index >= 15 is 0 Å². The Bertz CT molecular complexity index is 561. The van der Waals surface area contributed by atoms with Crippen LogP contribution in [0.25, 0.3) is 5.65 Å². The van der Waals surface area contributed by atoms with Crippen molar-refractivity contribution in [2.75, 3.05) is 26.3 Å². The molecule has 0 aromatic carbocycles. The van der Waals surface area contributed by atoms with Crippen molar-refractivity contribution in [1.29, 1.82) is 0 Å². The van der Waals surface area contributed by atoms with Crippen molar-refractivity contribution in [3.05, 3.63) is 36.3 Å². The molecule has 114 valence electrons. The second kappa shape index (κ2) is 7.02. The smallest absolute Gasteiger partial charge is 0.136 e. The number of ether oxygens (including phenoxy) is 1. The fourth-order valence-electron chi connectivity index (χ4n) is 2.88. The molecule has 3 heterocycles. The molecule has 1 N–H and O–H groups in total. The standard InChI is InChI=1S/C16H23N3O2/c20-10-3-11-21-15-5-8-18(9-6-15)13-14-12-17-16-4-1-2-7-19(14)16/h1-2,4,7,12,15,20H,3,5-6,8-11,13H2. The van der Waals surface area contributed by atoms with E-state index in [1.165, 1.54) is 5.69 Å². The van der Waals surface area contributed by atoms with Gasteiger partial charge in [-0.1, -0.05) is 6.07 Å². The van der Waals surface area contributed by atoms with Crippen LogP contribution in [0.15, 0.2) is 30.6 Å². The van der Waals surface area contributed by atoms with E-state index in [2.05, 4.69) is 20.5 Å². The van der Waals surface area contributed by atoms with Crippen LogP contribution in [0.4, 0.5) is 0 Å². The zero-order valence-corrected chi connectivity index (χ0v) is 12.3. The number of pyridine rings is 1. The average molecular weight is 289 g/mol. The summed E-state index contributed by atoms with van der Waals surface area (Å²) in [6, 6.07) is 6.09. The molecule has 0 unspecified atom stereocenters. The molecule has 1 aliphatic heterocycles. The van der Waals surface area contributed by atoms with Gasteiger partial charge < -0.3 is 14.2 Å². The second-order valence-electron chi connectivity index (χ2n) is 5.60. The fourth-order valence-corrected chi connectivity index (χ4v) is 2.88. The van der Waals surface area contributed by atoms with Gasteiger partial charge in [0, 0.05) is 39.0 Å². The number of aromatic nitrogens is 2. The van der Waals surface area contributed by atoms with Gasteiger partial charge in [-0.2, -0.15) is 0 Å². The van der Waals surface area contributed by atoms with Crippen molar-refractivity contribution in [2.24, 2.45) is 0 Å². The summed E-state index contributed by atoms with van der Waals surface area (Å²) in [5, 5.41) is 8.77. The van der Waals surface area contributed by atoms with Gasteiger partial charge in [-0.05, 0) is 31.4 Å². The van der Waals surface area contributed by atoms with E-state index in [1.54, 1.807) is 0 Å². The third-order valence-corrected chi connectivity index (χ3v) is 4.07. The molecule has 0 aliphatic carbocycles. The zero-order valence-electron chi connectivity index (χ0n) is 12.3. The number of aliphatic hydroxyl groups excluding tert-OH is 1. The summed E-state index contributed by atoms with van der Waals surface area (Å²) in [7, 11) is 0. The molecule has 0 saturated carbocycles. The lowest BCUT2D eigenvalue weighted by molar-refractivity contribution is 0.000540. The number of imidazole rings is 1. The Labute approximate surface area is 125 Å². The van der Waals surface area contributed by atoms with E-state index in [-0.39, 0.29) is 6.61 Å². The highest BCUT2D eigenvalue weighted by Gasteiger charge is 2.20. The largest absolute Gasteiger partial charge is 0.396 e. The van der Waals surface area contributed by atoms with E-state index in [0.717, 1.165) is 44.5 Å². The highest BCUT2D eigenvalue weighted by molar-refractivity contribution is 5.39. The molecule has 3 rings (SSSR count). The predicted octanol–water partition coefficient (Wildman–Crippen LogP) is 1.70. The molecule has 2 aromatic rings. The maximum atomic E-state index is 8.77. The minimum atomic E-state index is 0.215. The number of aliphatic hydroxyl groups is 1. The Hall–Kier alpha value is -1.43. The molecule has 0 amide bonds. The van der Waals surface area contributed by atoms with E-state index in [9.17, 15) is 0 Å². The lowest BCUT2D eigenvalue weighted by Gasteiger charge is -2.31. The van der Waals surface area contributed by atoms with Gasteiger partial charge in [-0.3, -0.25) is 4.90 Å². The van der Waals surface area contributed by atoms with Crippen molar-refractivity contribution < 1.29 is 9.84 Å². The van der Waals surface area contributed by atoms with Crippen LogP contribution >= 0.6 is 0 Å². The summed E-state index contributed by atoms with van der Waals surface area (Å²) >= 11 is 0. The number of piperidine rings is 1. The molecule has 0 atom stereocenters. The number of likely N-dealkylation sites (tertiary alicyclic amines) is 1. The Kier molecular flexibility index (Phi) is 4.85. The minimum absolute atomic E-state index is 0.215. The van der Waals surface area contributed by atoms with Crippen LogP contribution < -0.4 is 0 Å². The third-order valence-electron chi connectivity index (χ3n) is 4.07. The SMILES string of the molecule is OCCCOC1CCN(Cc2cnc3ccccn23)CC1. The van der Waals surface area contributed by atoms with Gasteiger partial charge in [0.2, 0.25) is 0 Å². The molecule has 0 bridgehead atoms. The molecule has 1 saturated heterocycles. The number of hydrogen-bond acceptors (Lipinski definition) is 4. The molecule has 1 fully saturated rings. The van der Waals surface area contributed by atoms with E-state index in [0.29, 0.717) is 12.7 Å². The van der Waals surface area contributed by atoms with Gasteiger partial charge in [0.05, 0.1) is 18.0 Å². The third kappa shape index (κ3) is 3.61. The van der Waals surface area contributed by atoms with Gasteiger partial charge in [-0.15, -0.1) is 0 Å². The first-order valence-electron chi connectivity index (χ1n) is 7.72. The lowest BCUT2D eigenvalue weighted by Crippen LogP contribution is -2.37. The summed E-state index contributed by atoms with van der Waals surface area (Å²) in [4.78, 5) is 6.90. The number of fused-ring (bicyclic) bond motifs is 1. The van der Waals surface area contributed by atoms with Crippen LogP contribution in [0.5, 0.6) is 0 Å². The topological polar surface area (TPSA) is 50.0 Å². The first-order valence-corrected chi connectivity index (χ1v) is 7.72. The molecule has 1 aliphatic rings. The van der Waals surface area contributed by atoms with Crippen molar-refractivity contribution >= 4 is 5.65 Å².